The maximum absolute atomic E-state index is 11.0. The molecule has 0 aliphatic carbocycles. The number of thiazole rings is 1. The zero-order valence-electron chi connectivity index (χ0n) is 11.6. The number of hydrogen-bond donors (Lipinski definition) is 1. The summed E-state index contributed by atoms with van der Waals surface area (Å²) >= 11 is 1.57. The summed E-state index contributed by atoms with van der Waals surface area (Å²) in [5.41, 5.74) is 1.10. The molecular weight excluding hydrogens is 292 g/mol. The Morgan fingerprint density at radius 2 is 2.29 bits per heavy atom. The first-order chi connectivity index (χ1) is 10.1. The Labute approximate surface area is 126 Å². The Morgan fingerprint density at radius 1 is 1.48 bits per heavy atom. The second kappa shape index (κ2) is 7.14. The maximum Gasteiger partial charge on any atom is 0.311 e. The van der Waals surface area contributed by atoms with Gasteiger partial charge in [0.1, 0.15) is 6.61 Å². The fraction of sp³-hybridized carbons (Fsp3) is 0.357. The highest BCUT2D eigenvalue weighted by Crippen LogP contribution is 2.29. The van der Waals surface area contributed by atoms with E-state index in [4.69, 9.17) is 9.84 Å². The van der Waals surface area contributed by atoms with Crippen molar-refractivity contribution in [1.29, 1.82) is 0 Å². The van der Waals surface area contributed by atoms with Crippen LogP contribution >= 0.6 is 11.3 Å². The van der Waals surface area contributed by atoms with E-state index in [0.717, 1.165) is 23.5 Å². The van der Waals surface area contributed by atoms with Crippen LogP contribution in [0.5, 0.6) is 5.75 Å². The molecule has 112 valence electrons. The van der Waals surface area contributed by atoms with Gasteiger partial charge >= 0.3 is 5.69 Å². The summed E-state index contributed by atoms with van der Waals surface area (Å²) in [6.45, 7) is 2.04. The van der Waals surface area contributed by atoms with E-state index in [1.165, 1.54) is 12.1 Å². The zero-order valence-corrected chi connectivity index (χ0v) is 12.4. The standard InChI is InChI=1S/C14H16N2O4S/c1-2-3-14-15-11(9-21-14)8-20-13-5-4-10(7-17)6-12(13)16(18)19/h4-6,9,17H,2-3,7-8H2,1H3. The minimum absolute atomic E-state index is 0.148. The number of benzene rings is 1. The largest absolute Gasteiger partial charge is 0.480 e. The van der Waals surface area contributed by atoms with E-state index in [9.17, 15) is 10.1 Å². The summed E-state index contributed by atoms with van der Waals surface area (Å²) < 4.78 is 5.50. The van der Waals surface area contributed by atoms with Crippen molar-refractivity contribution >= 4 is 17.0 Å². The molecule has 0 amide bonds. The Morgan fingerprint density at radius 3 is 2.95 bits per heavy atom. The van der Waals surface area contributed by atoms with Gasteiger partial charge in [-0.1, -0.05) is 13.0 Å². The van der Waals surface area contributed by atoms with Gasteiger partial charge in [0, 0.05) is 11.4 Å². The van der Waals surface area contributed by atoms with Crippen LogP contribution < -0.4 is 4.74 Å². The lowest BCUT2D eigenvalue weighted by molar-refractivity contribution is -0.386. The Kier molecular flexibility index (Phi) is 5.24. The summed E-state index contributed by atoms with van der Waals surface area (Å²) in [6, 6.07) is 4.42. The molecule has 2 aromatic rings. The minimum Gasteiger partial charge on any atom is -0.480 e. The highest BCUT2D eigenvalue weighted by molar-refractivity contribution is 7.09. The number of aliphatic hydroxyl groups is 1. The summed E-state index contributed by atoms with van der Waals surface area (Å²) in [7, 11) is 0. The quantitative estimate of drug-likeness (QED) is 0.627. The third kappa shape index (κ3) is 3.99. The van der Waals surface area contributed by atoms with Gasteiger partial charge in [0.2, 0.25) is 0 Å². The van der Waals surface area contributed by atoms with E-state index in [0.29, 0.717) is 5.56 Å². The number of nitrogens with zero attached hydrogens (tertiary/aromatic N) is 2. The van der Waals surface area contributed by atoms with Gasteiger partial charge < -0.3 is 9.84 Å². The average molecular weight is 308 g/mol. The maximum atomic E-state index is 11.0. The monoisotopic (exact) mass is 308 g/mol. The van der Waals surface area contributed by atoms with Crippen LogP contribution in [0.2, 0.25) is 0 Å². The lowest BCUT2D eigenvalue weighted by atomic mass is 10.2. The number of rotatable bonds is 7. The number of aromatic nitrogens is 1. The van der Waals surface area contributed by atoms with E-state index in [1.54, 1.807) is 17.4 Å². The summed E-state index contributed by atoms with van der Waals surface area (Å²) in [5, 5.41) is 23.0. The first-order valence-corrected chi connectivity index (χ1v) is 7.46. The number of hydrogen-bond acceptors (Lipinski definition) is 6. The lowest BCUT2D eigenvalue weighted by Gasteiger charge is -2.06. The van der Waals surface area contributed by atoms with Crippen molar-refractivity contribution in [2.24, 2.45) is 0 Å². The van der Waals surface area contributed by atoms with Crippen molar-refractivity contribution in [2.45, 2.75) is 33.0 Å². The van der Waals surface area contributed by atoms with Gasteiger partial charge in [-0.25, -0.2) is 4.98 Å². The third-order valence-corrected chi connectivity index (χ3v) is 3.80. The molecule has 0 fully saturated rings. The molecule has 0 aliphatic heterocycles. The second-order valence-electron chi connectivity index (χ2n) is 4.49. The third-order valence-electron chi connectivity index (χ3n) is 2.84. The van der Waals surface area contributed by atoms with Gasteiger partial charge in [0.15, 0.2) is 5.75 Å². The first-order valence-electron chi connectivity index (χ1n) is 6.58. The van der Waals surface area contributed by atoms with Crippen LogP contribution in [0.25, 0.3) is 0 Å². The smallest absolute Gasteiger partial charge is 0.311 e. The molecular formula is C14H16N2O4S. The highest BCUT2D eigenvalue weighted by atomic mass is 32.1. The molecule has 21 heavy (non-hydrogen) atoms. The van der Waals surface area contributed by atoms with Crippen molar-refractivity contribution in [3.63, 3.8) is 0 Å². The van der Waals surface area contributed by atoms with Gasteiger partial charge in [-0.3, -0.25) is 10.1 Å². The fourth-order valence-corrected chi connectivity index (χ4v) is 2.71. The van der Waals surface area contributed by atoms with E-state index in [2.05, 4.69) is 11.9 Å². The molecule has 1 N–H and O–H groups in total. The van der Waals surface area contributed by atoms with E-state index >= 15 is 0 Å². The molecule has 1 aromatic carbocycles. The molecule has 0 unspecified atom stereocenters. The molecule has 0 saturated heterocycles. The first kappa shape index (κ1) is 15.4. The van der Waals surface area contributed by atoms with Crippen LogP contribution in [0.4, 0.5) is 5.69 Å². The van der Waals surface area contributed by atoms with Crippen LogP contribution in [0.15, 0.2) is 23.6 Å². The second-order valence-corrected chi connectivity index (χ2v) is 5.43. The van der Waals surface area contributed by atoms with Crippen molar-refractivity contribution in [3.05, 3.63) is 50.0 Å². The fourth-order valence-electron chi connectivity index (χ4n) is 1.82. The Balaban J connectivity index is 2.09. The number of nitro groups is 1. The molecule has 0 saturated carbocycles. The SMILES string of the molecule is CCCc1nc(COc2ccc(CO)cc2[N+](=O)[O-])cs1. The average Bonchev–Trinajstić information content (AvgIpc) is 2.93. The van der Waals surface area contributed by atoms with E-state index in [1.807, 2.05) is 5.38 Å². The number of nitro benzene ring substituents is 1. The van der Waals surface area contributed by atoms with Crippen LogP contribution in [0.3, 0.4) is 0 Å². The molecule has 7 heteroatoms. The molecule has 0 radical (unpaired) electrons. The molecule has 2 rings (SSSR count). The zero-order chi connectivity index (χ0) is 15.2. The lowest BCUT2D eigenvalue weighted by Crippen LogP contribution is -2.00. The van der Waals surface area contributed by atoms with E-state index in [-0.39, 0.29) is 24.7 Å². The normalized spacial score (nSPS) is 10.6. The van der Waals surface area contributed by atoms with Crippen molar-refractivity contribution in [1.82, 2.24) is 4.98 Å². The van der Waals surface area contributed by atoms with E-state index < -0.39 is 4.92 Å². The van der Waals surface area contributed by atoms with Crippen molar-refractivity contribution in [3.8, 4) is 5.75 Å². The van der Waals surface area contributed by atoms with Gasteiger partial charge in [-0.05, 0) is 24.5 Å². The summed E-state index contributed by atoms with van der Waals surface area (Å²) in [5.74, 6) is 0.183. The van der Waals surface area contributed by atoms with Gasteiger partial charge in [0.25, 0.3) is 0 Å². The predicted octanol–water partition coefficient (Wildman–Crippen LogP) is 3.08. The minimum atomic E-state index is -0.516. The summed E-state index contributed by atoms with van der Waals surface area (Å²) in [4.78, 5) is 14.9. The highest BCUT2D eigenvalue weighted by Gasteiger charge is 2.16. The number of ether oxygens (including phenoxy) is 1. The van der Waals surface area contributed by atoms with Crippen molar-refractivity contribution < 1.29 is 14.8 Å². The van der Waals surface area contributed by atoms with Gasteiger partial charge in [0.05, 0.1) is 22.2 Å². The van der Waals surface area contributed by atoms with Gasteiger partial charge in [-0.2, -0.15) is 0 Å². The molecule has 1 aromatic heterocycles. The molecule has 1 heterocycles. The van der Waals surface area contributed by atoms with Crippen LogP contribution in [-0.2, 0) is 19.6 Å². The Bertz CT molecular complexity index is 627. The summed E-state index contributed by atoms with van der Waals surface area (Å²) in [6.07, 6.45) is 1.96. The molecule has 0 spiro atoms. The number of aliphatic hydroxyl groups excluding tert-OH is 1. The molecule has 6 nitrogen and oxygen atoms in total. The number of aryl methyl sites for hydroxylation is 1. The predicted molar refractivity (Wildman–Crippen MR) is 79.5 cm³/mol. The molecule has 0 aliphatic rings. The van der Waals surface area contributed by atoms with Crippen molar-refractivity contribution in [2.75, 3.05) is 0 Å². The van der Waals surface area contributed by atoms with Crippen LogP contribution in [0, 0.1) is 10.1 Å². The topological polar surface area (TPSA) is 85.5 Å². The van der Waals surface area contributed by atoms with Crippen LogP contribution in [-0.4, -0.2) is 15.0 Å². The Hall–Kier alpha value is -1.99. The van der Waals surface area contributed by atoms with Gasteiger partial charge in [-0.15, -0.1) is 11.3 Å². The molecule has 0 bridgehead atoms. The molecule has 0 atom stereocenters. The van der Waals surface area contributed by atoms with Crippen LogP contribution in [0.1, 0.15) is 29.6 Å².